The predicted octanol–water partition coefficient (Wildman–Crippen LogP) is 5.55. The second kappa shape index (κ2) is 9.00. The molecular weight excluding hydrogens is 400 g/mol. The maximum absolute atomic E-state index is 13.2. The summed E-state index contributed by atoms with van der Waals surface area (Å²) in [6.45, 7) is 5.42. The van der Waals surface area contributed by atoms with Crippen molar-refractivity contribution in [3.8, 4) is 17.1 Å². The molecule has 30 heavy (non-hydrogen) atoms. The molecule has 1 amide bonds. The summed E-state index contributed by atoms with van der Waals surface area (Å²) in [6, 6.07) is 14.9. The van der Waals surface area contributed by atoms with Crippen molar-refractivity contribution in [2.45, 2.75) is 26.9 Å². The molecule has 0 aliphatic heterocycles. The van der Waals surface area contributed by atoms with Gasteiger partial charge < -0.3 is 18.6 Å². The Morgan fingerprint density at radius 1 is 1.17 bits per heavy atom. The van der Waals surface area contributed by atoms with Crippen molar-refractivity contribution < 1.29 is 18.5 Å². The van der Waals surface area contributed by atoms with Gasteiger partial charge in [-0.1, -0.05) is 5.16 Å². The van der Waals surface area contributed by atoms with E-state index in [-0.39, 0.29) is 11.6 Å². The van der Waals surface area contributed by atoms with Crippen LogP contribution in [0.15, 0.2) is 69.1 Å². The lowest BCUT2D eigenvalue weighted by molar-refractivity contribution is 0.0709. The Kier molecular flexibility index (Phi) is 5.99. The highest BCUT2D eigenvalue weighted by atomic mass is 32.1. The van der Waals surface area contributed by atoms with Crippen molar-refractivity contribution in [2.24, 2.45) is 0 Å². The molecule has 4 aromatic rings. The minimum Gasteiger partial charge on any atom is -0.494 e. The third kappa shape index (κ3) is 4.46. The lowest BCUT2D eigenvalue weighted by Gasteiger charge is -2.20. The van der Waals surface area contributed by atoms with Gasteiger partial charge in [-0.25, -0.2) is 0 Å². The minimum absolute atomic E-state index is 0.208. The standard InChI is InChI=1S/C23H22N2O4S/c1-3-27-18-8-6-17(7-9-18)21-13-20(24-29-21)23(26)25(14-19-5-4-11-28-19)15-22-16(2)10-12-30-22/h4-13H,3,14-15H2,1-2H3. The number of ether oxygens (including phenoxy) is 1. The van der Waals surface area contributed by atoms with Crippen LogP contribution in [0.5, 0.6) is 5.75 Å². The highest BCUT2D eigenvalue weighted by molar-refractivity contribution is 7.10. The van der Waals surface area contributed by atoms with Gasteiger partial charge in [0.15, 0.2) is 11.5 Å². The van der Waals surface area contributed by atoms with Crippen molar-refractivity contribution in [2.75, 3.05) is 6.61 Å². The van der Waals surface area contributed by atoms with E-state index in [1.54, 1.807) is 28.6 Å². The number of carbonyl (C=O) groups excluding carboxylic acids is 1. The van der Waals surface area contributed by atoms with Crippen molar-refractivity contribution >= 4 is 17.2 Å². The van der Waals surface area contributed by atoms with Gasteiger partial charge in [-0.3, -0.25) is 4.79 Å². The molecule has 7 heteroatoms. The molecule has 154 valence electrons. The molecular formula is C23H22N2O4S. The van der Waals surface area contributed by atoms with Crippen molar-refractivity contribution in [1.29, 1.82) is 0 Å². The molecule has 0 aliphatic rings. The van der Waals surface area contributed by atoms with Gasteiger partial charge in [-0.15, -0.1) is 11.3 Å². The molecule has 3 aromatic heterocycles. The zero-order valence-electron chi connectivity index (χ0n) is 16.8. The third-order valence-corrected chi connectivity index (χ3v) is 5.70. The molecule has 0 spiro atoms. The summed E-state index contributed by atoms with van der Waals surface area (Å²) in [7, 11) is 0. The first kappa shape index (κ1) is 20.0. The van der Waals surface area contributed by atoms with Crippen LogP contribution in [-0.2, 0) is 13.1 Å². The molecule has 1 aromatic carbocycles. The van der Waals surface area contributed by atoms with Crippen LogP contribution in [0.2, 0.25) is 0 Å². The van der Waals surface area contributed by atoms with Gasteiger partial charge in [0.1, 0.15) is 11.5 Å². The van der Waals surface area contributed by atoms with Crippen LogP contribution < -0.4 is 4.74 Å². The van der Waals surface area contributed by atoms with Crippen LogP contribution in [0, 0.1) is 6.92 Å². The zero-order valence-corrected chi connectivity index (χ0v) is 17.6. The summed E-state index contributed by atoms with van der Waals surface area (Å²) in [5.41, 5.74) is 2.25. The lowest BCUT2D eigenvalue weighted by Crippen LogP contribution is -2.30. The Labute approximate surface area is 178 Å². The van der Waals surface area contributed by atoms with E-state index in [1.165, 1.54) is 0 Å². The van der Waals surface area contributed by atoms with E-state index in [1.807, 2.05) is 55.6 Å². The quantitative estimate of drug-likeness (QED) is 0.373. The largest absolute Gasteiger partial charge is 0.494 e. The number of furan rings is 1. The Morgan fingerprint density at radius 2 is 2.00 bits per heavy atom. The van der Waals surface area contributed by atoms with Gasteiger partial charge in [0.25, 0.3) is 5.91 Å². The first-order valence-electron chi connectivity index (χ1n) is 9.68. The second-order valence-electron chi connectivity index (χ2n) is 6.80. The maximum Gasteiger partial charge on any atom is 0.276 e. The van der Waals surface area contributed by atoms with Crippen LogP contribution >= 0.6 is 11.3 Å². The second-order valence-corrected chi connectivity index (χ2v) is 7.80. The average Bonchev–Trinajstić information content (AvgIpc) is 3.51. The first-order chi connectivity index (χ1) is 14.6. The molecule has 6 nitrogen and oxygen atoms in total. The molecule has 0 atom stereocenters. The van der Waals surface area contributed by atoms with Crippen molar-refractivity contribution in [3.05, 3.63) is 82.1 Å². The summed E-state index contributed by atoms with van der Waals surface area (Å²) in [6.07, 6.45) is 1.61. The summed E-state index contributed by atoms with van der Waals surface area (Å²) < 4.78 is 16.4. The summed E-state index contributed by atoms with van der Waals surface area (Å²) in [5, 5.41) is 6.06. The van der Waals surface area contributed by atoms with Crippen LogP contribution in [-0.4, -0.2) is 22.6 Å². The Hall–Kier alpha value is -3.32. The number of amides is 1. The Bertz CT molecular complexity index is 1100. The van der Waals surface area contributed by atoms with Gasteiger partial charge in [0.05, 0.1) is 26.0 Å². The molecule has 0 aliphatic carbocycles. The van der Waals surface area contributed by atoms with E-state index in [0.29, 0.717) is 31.2 Å². The number of benzene rings is 1. The number of hydrogen-bond acceptors (Lipinski definition) is 6. The highest BCUT2D eigenvalue weighted by Gasteiger charge is 2.23. The summed E-state index contributed by atoms with van der Waals surface area (Å²) in [5.74, 6) is 1.83. The number of hydrogen-bond donors (Lipinski definition) is 0. The number of rotatable bonds is 8. The zero-order chi connectivity index (χ0) is 20.9. The maximum atomic E-state index is 13.2. The SMILES string of the molecule is CCOc1ccc(-c2cc(C(=O)N(Cc3ccco3)Cc3sccc3C)no2)cc1. The lowest BCUT2D eigenvalue weighted by atomic mass is 10.1. The van der Waals surface area contributed by atoms with Crippen molar-refractivity contribution in [1.82, 2.24) is 10.1 Å². The fraction of sp³-hybridized carbons (Fsp3) is 0.217. The van der Waals surface area contributed by atoms with Crippen LogP contribution in [0.4, 0.5) is 0 Å². The summed E-state index contributed by atoms with van der Waals surface area (Å²) >= 11 is 1.63. The van der Waals surface area contributed by atoms with E-state index >= 15 is 0 Å². The molecule has 0 saturated heterocycles. The van der Waals surface area contributed by atoms with E-state index in [0.717, 1.165) is 21.8 Å². The molecule has 4 rings (SSSR count). The Balaban J connectivity index is 1.55. The average molecular weight is 423 g/mol. The van der Waals surface area contributed by atoms with Crippen LogP contribution in [0.25, 0.3) is 11.3 Å². The van der Waals surface area contributed by atoms with E-state index in [4.69, 9.17) is 13.7 Å². The first-order valence-corrected chi connectivity index (χ1v) is 10.6. The smallest absolute Gasteiger partial charge is 0.276 e. The van der Waals surface area contributed by atoms with Gasteiger partial charge >= 0.3 is 0 Å². The van der Waals surface area contributed by atoms with E-state index < -0.39 is 0 Å². The molecule has 0 fully saturated rings. The number of nitrogens with zero attached hydrogens (tertiary/aromatic N) is 2. The highest BCUT2D eigenvalue weighted by Crippen LogP contribution is 2.25. The molecule has 3 heterocycles. The van der Waals surface area contributed by atoms with Crippen LogP contribution in [0.1, 0.15) is 33.6 Å². The molecule has 0 N–H and O–H groups in total. The fourth-order valence-corrected chi connectivity index (χ4v) is 4.01. The van der Waals surface area contributed by atoms with E-state index in [2.05, 4.69) is 11.2 Å². The van der Waals surface area contributed by atoms with Gasteiger partial charge in [-0.05, 0) is 67.3 Å². The Morgan fingerprint density at radius 3 is 2.67 bits per heavy atom. The molecule has 0 saturated carbocycles. The normalized spacial score (nSPS) is 10.9. The number of aromatic nitrogens is 1. The molecule has 0 bridgehead atoms. The number of aryl methyl sites for hydroxylation is 1. The van der Waals surface area contributed by atoms with Crippen molar-refractivity contribution in [3.63, 3.8) is 0 Å². The fourth-order valence-electron chi connectivity index (χ4n) is 3.09. The summed E-state index contributed by atoms with van der Waals surface area (Å²) in [4.78, 5) is 16.1. The molecule has 0 unspecified atom stereocenters. The van der Waals surface area contributed by atoms with Crippen LogP contribution in [0.3, 0.4) is 0 Å². The van der Waals surface area contributed by atoms with Gasteiger partial charge in [-0.2, -0.15) is 0 Å². The monoisotopic (exact) mass is 422 g/mol. The van der Waals surface area contributed by atoms with Gasteiger partial charge in [0.2, 0.25) is 0 Å². The number of carbonyl (C=O) groups is 1. The van der Waals surface area contributed by atoms with Gasteiger partial charge in [0, 0.05) is 16.5 Å². The third-order valence-electron chi connectivity index (χ3n) is 4.70. The minimum atomic E-state index is -0.208. The topological polar surface area (TPSA) is 68.7 Å². The number of thiophene rings is 1. The predicted molar refractivity (Wildman–Crippen MR) is 114 cm³/mol. The molecule has 0 radical (unpaired) electrons. The van der Waals surface area contributed by atoms with E-state index in [9.17, 15) is 4.79 Å².